The number of methoxy groups -OCH3 is 2. The van der Waals surface area contributed by atoms with Crippen molar-refractivity contribution in [2.24, 2.45) is 0 Å². The molecule has 0 aromatic heterocycles. The van der Waals surface area contributed by atoms with Gasteiger partial charge in [0, 0.05) is 4.47 Å². The summed E-state index contributed by atoms with van der Waals surface area (Å²) in [4.78, 5) is 15.2. The van der Waals surface area contributed by atoms with Crippen molar-refractivity contribution in [1.29, 1.82) is 0 Å². The second-order valence-electron chi connectivity index (χ2n) is 7.16. The quantitative estimate of drug-likeness (QED) is 0.205. The number of anilines is 1. The Kier molecular flexibility index (Phi) is 7.98. The maximum absolute atomic E-state index is 13.1. The predicted molar refractivity (Wildman–Crippen MR) is 148 cm³/mol. The molecule has 0 N–H and O–H groups in total. The summed E-state index contributed by atoms with van der Waals surface area (Å²) in [5.74, 6) is 1.69. The minimum atomic E-state index is -0.175. The highest BCUT2D eigenvalue weighted by molar-refractivity contribution is 9.10. The molecule has 0 radical (unpaired) electrons. The first-order valence-corrected chi connectivity index (χ1v) is 12.9. The van der Waals surface area contributed by atoms with Gasteiger partial charge in [0.1, 0.15) is 12.4 Å². The van der Waals surface area contributed by atoms with E-state index in [1.165, 1.54) is 16.7 Å². The van der Waals surface area contributed by atoms with Gasteiger partial charge in [0.25, 0.3) is 5.91 Å². The van der Waals surface area contributed by atoms with Crippen LogP contribution in [0.5, 0.6) is 17.2 Å². The lowest BCUT2D eigenvalue weighted by Crippen LogP contribution is -2.27. The summed E-state index contributed by atoms with van der Waals surface area (Å²) >= 11 is 13.8. The van der Waals surface area contributed by atoms with Crippen LogP contribution in [0.25, 0.3) is 6.08 Å². The average molecular weight is 621 g/mol. The first-order chi connectivity index (χ1) is 16.4. The van der Waals surface area contributed by atoms with Gasteiger partial charge in [-0.3, -0.25) is 9.69 Å². The summed E-state index contributed by atoms with van der Waals surface area (Å²) in [6.45, 7) is 0.391. The van der Waals surface area contributed by atoms with E-state index in [1.54, 1.807) is 32.4 Å². The first-order valence-electron chi connectivity index (χ1n) is 10.1. The SMILES string of the molecule is COc1ccc(N2C(=O)/C(=C/c3cc(Br)c(OCc4ccc(Br)cc4)c(OC)c3)SC2=S)cc1. The number of ether oxygens (including phenoxy) is 3. The first kappa shape index (κ1) is 24.8. The van der Waals surface area contributed by atoms with Crippen LogP contribution in [0.3, 0.4) is 0 Å². The molecule has 1 aliphatic rings. The van der Waals surface area contributed by atoms with Crippen molar-refractivity contribution >= 4 is 77.8 Å². The summed E-state index contributed by atoms with van der Waals surface area (Å²) in [6.07, 6.45) is 1.80. The second kappa shape index (κ2) is 10.9. The Bertz CT molecular complexity index is 1260. The smallest absolute Gasteiger partial charge is 0.270 e. The van der Waals surface area contributed by atoms with Crippen LogP contribution in [0.15, 0.2) is 74.5 Å². The van der Waals surface area contributed by atoms with Gasteiger partial charge in [-0.15, -0.1) is 0 Å². The van der Waals surface area contributed by atoms with Crippen LogP contribution in [0.1, 0.15) is 11.1 Å². The largest absolute Gasteiger partial charge is 0.497 e. The molecule has 0 unspecified atom stereocenters. The molecule has 1 heterocycles. The van der Waals surface area contributed by atoms with Crippen LogP contribution in [0, 0.1) is 0 Å². The fourth-order valence-electron chi connectivity index (χ4n) is 3.27. The lowest BCUT2D eigenvalue weighted by molar-refractivity contribution is -0.113. The Morgan fingerprint density at radius 3 is 2.35 bits per heavy atom. The monoisotopic (exact) mass is 619 g/mol. The molecule has 1 aliphatic heterocycles. The van der Waals surface area contributed by atoms with Gasteiger partial charge in [-0.05, 0) is 81.7 Å². The lowest BCUT2D eigenvalue weighted by atomic mass is 10.1. The minimum absolute atomic E-state index is 0.175. The zero-order valence-corrected chi connectivity index (χ0v) is 23.0. The zero-order valence-electron chi connectivity index (χ0n) is 18.2. The molecule has 5 nitrogen and oxygen atoms in total. The molecule has 0 bridgehead atoms. The molecule has 0 aliphatic carbocycles. The molecule has 0 saturated carbocycles. The number of hydrogen-bond donors (Lipinski definition) is 0. The Hall–Kier alpha value is -2.33. The van der Waals surface area contributed by atoms with Gasteiger partial charge < -0.3 is 14.2 Å². The molecular weight excluding hydrogens is 602 g/mol. The van der Waals surface area contributed by atoms with Crippen LogP contribution in [-0.4, -0.2) is 24.4 Å². The van der Waals surface area contributed by atoms with Gasteiger partial charge in [0.2, 0.25) is 0 Å². The summed E-state index contributed by atoms with van der Waals surface area (Å²) in [5, 5.41) is 0. The molecule has 4 rings (SSSR count). The van der Waals surface area contributed by atoms with Crippen molar-refractivity contribution in [2.75, 3.05) is 19.1 Å². The van der Waals surface area contributed by atoms with Crippen molar-refractivity contribution in [2.45, 2.75) is 6.61 Å². The van der Waals surface area contributed by atoms with Crippen LogP contribution < -0.4 is 19.1 Å². The normalized spacial score (nSPS) is 14.6. The van der Waals surface area contributed by atoms with Crippen molar-refractivity contribution < 1.29 is 19.0 Å². The third-order valence-electron chi connectivity index (χ3n) is 4.97. The molecule has 0 atom stereocenters. The van der Waals surface area contributed by atoms with E-state index in [-0.39, 0.29) is 5.91 Å². The Labute approximate surface area is 224 Å². The number of carbonyl (C=O) groups is 1. The fourth-order valence-corrected chi connectivity index (χ4v) is 5.41. The van der Waals surface area contributed by atoms with Crippen LogP contribution in [-0.2, 0) is 11.4 Å². The molecule has 3 aromatic rings. The van der Waals surface area contributed by atoms with E-state index in [2.05, 4.69) is 31.9 Å². The van der Waals surface area contributed by atoms with E-state index in [9.17, 15) is 4.79 Å². The van der Waals surface area contributed by atoms with Crippen LogP contribution in [0.2, 0.25) is 0 Å². The van der Waals surface area contributed by atoms with E-state index < -0.39 is 0 Å². The van der Waals surface area contributed by atoms with Gasteiger partial charge in [0.05, 0.1) is 29.3 Å². The van der Waals surface area contributed by atoms with Gasteiger partial charge in [-0.1, -0.05) is 52.0 Å². The Morgan fingerprint density at radius 2 is 1.71 bits per heavy atom. The zero-order chi connectivity index (χ0) is 24.2. The van der Waals surface area contributed by atoms with E-state index >= 15 is 0 Å². The number of carbonyl (C=O) groups excluding carboxylic acids is 1. The van der Waals surface area contributed by atoms with Gasteiger partial charge in [-0.2, -0.15) is 0 Å². The molecule has 9 heteroatoms. The highest BCUT2D eigenvalue weighted by Crippen LogP contribution is 2.40. The number of thioether (sulfide) groups is 1. The highest BCUT2D eigenvalue weighted by atomic mass is 79.9. The number of halogens is 2. The predicted octanol–water partition coefficient (Wildman–Crippen LogP) is 7.21. The highest BCUT2D eigenvalue weighted by Gasteiger charge is 2.33. The maximum Gasteiger partial charge on any atom is 0.270 e. The number of hydrogen-bond acceptors (Lipinski definition) is 6. The summed E-state index contributed by atoms with van der Waals surface area (Å²) in [6, 6.07) is 18.9. The summed E-state index contributed by atoms with van der Waals surface area (Å²) in [5.41, 5.74) is 2.51. The molecule has 1 amide bonds. The number of amides is 1. The van der Waals surface area contributed by atoms with Crippen LogP contribution >= 0.6 is 55.8 Å². The molecule has 0 spiro atoms. The average Bonchev–Trinajstić information content (AvgIpc) is 3.11. The van der Waals surface area contributed by atoms with E-state index in [0.717, 1.165) is 20.1 Å². The molecule has 3 aromatic carbocycles. The number of rotatable bonds is 7. The lowest BCUT2D eigenvalue weighted by Gasteiger charge is -2.15. The number of thiocarbonyl (C=S) groups is 1. The molecule has 174 valence electrons. The molecule has 1 fully saturated rings. The van der Waals surface area contributed by atoms with E-state index in [1.807, 2.05) is 48.5 Å². The van der Waals surface area contributed by atoms with Crippen molar-refractivity contribution in [1.82, 2.24) is 0 Å². The topological polar surface area (TPSA) is 48.0 Å². The van der Waals surface area contributed by atoms with E-state index in [0.29, 0.717) is 38.8 Å². The van der Waals surface area contributed by atoms with Gasteiger partial charge >= 0.3 is 0 Å². The summed E-state index contributed by atoms with van der Waals surface area (Å²) < 4.78 is 19.0. The molecular formula is C25H19Br2NO4S2. The summed E-state index contributed by atoms with van der Waals surface area (Å²) in [7, 11) is 3.18. The third-order valence-corrected chi connectivity index (χ3v) is 7.39. The second-order valence-corrected chi connectivity index (χ2v) is 10.6. The minimum Gasteiger partial charge on any atom is -0.497 e. The molecule has 1 saturated heterocycles. The van der Waals surface area contributed by atoms with Gasteiger partial charge in [-0.25, -0.2) is 0 Å². The standard InChI is InChI=1S/C25H19Br2NO4S2/c1-30-19-9-7-18(8-10-19)28-24(29)22(34-25(28)33)13-16-11-20(27)23(21(12-16)31-2)32-14-15-3-5-17(26)6-4-15/h3-13H,14H2,1-2H3/b22-13-. The number of benzene rings is 3. The number of nitrogens with zero attached hydrogens (tertiary/aromatic N) is 1. The van der Waals surface area contributed by atoms with Crippen molar-refractivity contribution in [3.8, 4) is 17.2 Å². The van der Waals surface area contributed by atoms with Gasteiger partial charge in [0.15, 0.2) is 15.8 Å². The Morgan fingerprint density at radius 1 is 1.00 bits per heavy atom. The van der Waals surface area contributed by atoms with Crippen molar-refractivity contribution in [3.63, 3.8) is 0 Å². The fraction of sp³-hybridized carbons (Fsp3) is 0.120. The molecule has 34 heavy (non-hydrogen) atoms. The Balaban J connectivity index is 1.56. The van der Waals surface area contributed by atoms with Crippen LogP contribution in [0.4, 0.5) is 5.69 Å². The third kappa shape index (κ3) is 5.49. The van der Waals surface area contributed by atoms with Crippen molar-refractivity contribution in [3.05, 3.63) is 85.6 Å². The van der Waals surface area contributed by atoms with E-state index in [4.69, 9.17) is 26.4 Å². The maximum atomic E-state index is 13.1.